The summed E-state index contributed by atoms with van der Waals surface area (Å²) < 4.78 is 22.2. The summed E-state index contributed by atoms with van der Waals surface area (Å²) in [4.78, 5) is 11.1. The normalized spacial score (nSPS) is 10.5. The van der Waals surface area contributed by atoms with E-state index in [0.717, 1.165) is 15.8 Å². The molecule has 0 radical (unpaired) electrons. The zero-order valence-corrected chi connectivity index (χ0v) is 15.6. The van der Waals surface area contributed by atoms with E-state index < -0.39 is 5.97 Å². The molecule has 0 N–H and O–H groups in total. The van der Waals surface area contributed by atoms with Gasteiger partial charge in [0, 0.05) is 10.5 Å². The molecule has 0 amide bonds. The van der Waals surface area contributed by atoms with Crippen LogP contribution in [0.2, 0.25) is 0 Å². The molecule has 0 spiro atoms. The van der Waals surface area contributed by atoms with Gasteiger partial charge in [0.25, 0.3) is 0 Å². The zero-order chi connectivity index (χ0) is 18.1. The van der Waals surface area contributed by atoms with Crippen molar-refractivity contribution in [2.75, 3.05) is 27.4 Å². The van der Waals surface area contributed by atoms with Crippen LogP contribution in [0.1, 0.15) is 5.56 Å². The second-order valence-corrected chi connectivity index (χ2v) is 5.84. The van der Waals surface area contributed by atoms with Gasteiger partial charge >= 0.3 is 5.97 Å². The molecule has 132 valence electrons. The van der Waals surface area contributed by atoms with Crippen LogP contribution in [0.25, 0.3) is 6.08 Å². The SMILES string of the molecule is COC(=O)/C=C/c1ccc(OCCOc2cccc(Br)c2)c(OC)c1. The van der Waals surface area contributed by atoms with Crippen molar-refractivity contribution in [3.8, 4) is 17.2 Å². The van der Waals surface area contributed by atoms with E-state index in [2.05, 4.69) is 20.7 Å². The number of carbonyl (C=O) groups is 1. The Morgan fingerprint density at radius 2 is 1.84 bits per heavy atom. The largest absolute Gasteiger partial charge is 0.493 e. The third-order valence-corrected chi connectivity index (χ3v) is 3.70. The Morgan fingerprint density at radius 3 is 2.56 bits per heavy atom. The van der Waals surface area contributed by atoms with Crippen LogP contribution >= 0.6 is 15.9 Å². The third kappa shape index (κ3) is 6.15. The molecule has 0 atom stereocenters. The molecule has 25 heavy (non-hydrogen) atoms. The second kappa shape index (κ2) is 9.74. The van der Waals surface area contributed by atoms with Crippen LogP contribution in [0.15, 0.2) is 53.0 Å². The predicted molar refractivity (Wildman–Crippen MR) is 99.2 cm³/mol. The van der Waals surface area contributed by atoms with Crippen LogP contribution in [0, 0.1) is 0 Å². The highest BCUT2D eigenvalue weighted by Crippen LogP contribution is 2.28. The van der Waals surface area contributed by atoms with Gasteiger partial charge in [-0.15, -0.1) is 0 Å². The average molecular weight is 407 g/mol. The van der Waals surface area contributed by atoms with Crippen molar-refractivity contribution in [3.63, 3.8) is 0 Å². The molecule has 0 fully saturated rings. The molecule has 0 saturated carbocycles. The highest BCUT2D eigenvalue weighted by Gasteiger charge is 2.05. The monoisotopic (exact) mass is 406 g/mol. The van der Waals surface area contributed by atoms with Gasteiger partial charge in [0.2, 0.25) is 0 Å². The number of carbonyl (C=O) groups excluding carboxylic acids is 1. The highest BCUT2D eigenvalue weighted by atomic mass is 79.9. The lowest BCUT2D eigenvalue weighted by Gasteiger charge is -2.12. The van der Waals surface area contributed by atoms with E-state index >= 15 is 0 Å². The first-order chi connectivity index (χ1) is 12.1. The standard InChI is InChI=1S/C19H19BrO5/c1-22-18-12-14(7-9-19(21)23-2)6-8-17(18)25-11-10-24-16-5-3-4-15(20)13-16/h3-9,12-13H,10-11H2,1-2H3/b9-7+. The number of ether oxygens (including phenoxy) is 4. The van der Waals surface area contributed by atoms with Gasteiger partial charge in [-0.3, -0.25) is 0 Å². The third-order valence-electron chi connectivity index (χ3n) is 3.21. The lowest BCUT2D eigenvalue weighted by atomic mass is 10.2. The van der Waals surface area contributed by atoms with Crippen molar-refractivity contribution >= 4 is 28.0 Å². The number of methoxy groups -OCH3 is 2. The second-order valence-electron chi connectivity index (χ2n) is 4.92. The fourth-order valence-electron chi connectivity index (χ4n) is 2.01. The quantitative estimate of drug-likeness (QED) is 0.375. The molecule has 2 aromatic carbocycles. The maximum Gasteiger partial charge on any atom is 0.330 e. The maximum absolute atomic E-state index is 11.1. The van der Waals surface area contributed by atoms with Crippen LogP contribution < -0.4 is 14.2 Å². The summed E-state index contributed by atoms with van der Waals surface area (Å²) in [5.41, 5.74) is 0.806. The first kappa shape index (κ1) is 18.9. The Bertz CT molecular complexity index is 742. The Hall–Kier alpha value is -2.47. The molecule has 2 aromatic rings. The molecular weight excluding hydrogens is 388 g/mol. The number of hydrogen-bond donors (Lipinski definition) is 0. The van der Waals surface area contributed by atoms with Crippen LogP contribution in [0.3, 0.4) is 0 Å². The van der Waals surface area contributed by atoms with Crippen LogP contribution in [0.4, 0.5) is 0 Å². The Labute approximate surface area is 155 Å². The van der Waals surface area contributed by atoms with E-state index in [1.807, 2.05) is 30.3 Å². The fraction of sp³-hybridized carbons (Fsp3) is 0.211. The molecule has 0 heterocycles. The number of halogens is 1. The molecule has 0 aliphatic carbocycles. The van der Waals surface area contributed by atoms with Crippen LogP contribution in [-0.2, 0) is 9.53 Å². The molecule has 5 nitrogen and oxygen atoms in total. The van der Waals surface area contributed by atoms with Gasteiger partial charge in [0.05, 0.1) is 14.2 Å². The Morgan fingerprint density at radius 1 is 1.04 bits per heavy atom. The van der Waals surface area contributed by atoms with E-state index in [1.54, 1.807) is 25.3 Å². The Balaban J connectivity index is 1.90. The van der Waals surface area contributed by atoms with Crippen molar-refractivity contribution < 1.29 is 23.7 Å². The van der Waals surface area contributed by atoms with Gasteiger partial charge in [-0.2, -0.15) is 0 Å². The minimum atomic E-state index is -0.413. The van der Waals surface area contributed by atoms with Crippen molar-refractivity contribution in [1.29, 1.82) is 0 Å². The van der Waals surface area contributed by atoms with E-state index in [-0.39, 0.29) is 0 Å². The molecule has 2 rings (SSSR count). The predicted octanol–water partition coefficient (Wildman–Crippen LogP) is 4.10. The molecule has 0 saturated heterocycles. The minimum Gasteiger partial charge on any atom is -0.493 e. The molecular formula is C19H19BrO5. The van der Waals surface area contributed by atoms with E-state index in [4.69, 9.17) is 14.2 Å². The topological polar surface area (TPSA) is 54.0 Å². The van der Waals surface area contributed by atoms with Gasteiger partial charge in [-0.25, -0.2) is 4.79 Å². The van der Waals surface area contributed by atoms with E-state index in [1.165, 1.54) is 13.2 Å². The first-order valence-electron chi connectivity index (χ1n) is 7.57. The molecule has 0 unspecified atom stereocenters. The lowest BCUT2D eigenvalue weighted by Crippen LogP contribution is -2.09. The number of benzene rings is 2. The van der Waals surface area contributed by atoms with E-state index in [0.29, 0.717) is 24.7 Å². The zero-order valence-electron chi connectivity index (χ0n) is 14.0. The van der Waals surface area contributed by atoms with Crippen LogP contribution in [-0.4, -0.2) is 33.4 Å². The van der Waals surface area contributed by atoms with Crippen molar-refractivity contribution in [2.45, 2.75) is 0 Å². The summed E-state index contributed by atoms with van der Waals surface area (Å²) in [7, 11) is 2.90. The fourth-order valence-corrected chi connectivity index (χ4v) is 2.39. The summed E-state index contributed by atoms with van der Waals surface area (Å²) >= 11 is 3.40. The van der Waals surface area contributed by atoms with Gasteiger partial charge in [0.1, 0.15) is 19.0 Å². The number of esters is 1. The van der Waals surface area contributed by atoms with E-state index in [9.17, 15) is 4.79 Å². The minimum absolute atomic E-state index is 0.375. The molecule has 0 bridgehead atoms. The van der Waals surface area contributed by atoms with Gasteiger partial charge < -0.3 is 18.9 Å². The molecule has 0 aromatic heterocycles. The number of rotatable bonds is 8. The van der Waals surface area contributed by atoms with Crippen molar-refractivity contribution in [3.05, 3.63) is 58.6 Å². The van der Waals surface area contributed by atoms with Crippen LogP contribution in [0.5, 0.6) is 17.2 Å². The molecule has 0 aliphatic rings. The highest BCUT2D eigenvalue weighted by molar-refractivity contribution is 9.10. The first-order valence-corrected chi connectivity index (χ1v) is 8.37. The number of hydrogen-bond acceptors (Lipinski definition) is 5. The Kier molecular flexibility index (Phi) is 7.35. The van der Waals surface area contributed by atoms with Gasteiger partial charge in [0.15, 0.2) is 11.5 Å². The van der Waals surface area contributed by atoms with Crippen molar-refractivity contribution in [2.24, 2.45) is 0 Å². The summed E-state index contributed by atoms with van der Waals surface area (Å²) in [6.07, 6.45) is 3.00. The summed E-state index contributed by atoms with van der Waals surface area (Å²) in [5.74, 6) is 1.54. The summed E-state index contributed by atoms with van der Waals surface area (Å²) in [5, 5.41) is 0. The van der Waals surface area contributed by atoms with Gasteiger partial charge in [-0.1, -0.05) is 28.1 Å². The summed E-state index contributed by atoms with van der Waals surface area (Å²) in [6, 6.07) is 13.0. The van der Waals surface area contributed by atoms with Crippen molar-refractivity contribution in [1.82, 2.24) is 0 Å². The van der Waals surface area contributed by atoms with Gasteiger partial charge in [-0.05, 0) is 42.0 Å². The maximum atomic E-state index is 11.1. The smallest absolute Gasteiger partial charge is 0.330 e. The average Bonchev–Trinajstić information content (AvgIpc) is 2.63. The lowest BCUT2D eigenvalue weighted by molar-refractivity contribution is -0.134. The molecule has 0 aliphatic heterocycles. The summed E-state index contributed by atoms with van der Waals surface area (Å²) in [6.45, 7) is 0.782. The molecule has 6 heteroatoms.